The number of rotatable bonds is 6. The van der Waals surface area contributed by atoms with Crippen molar-refractivity contribution in [1.29, 1.82) is 0 Å². The number of pyridine rings is 1. The number of Topliss-reactive ketones (excluding diaryl/α,β-unsaturated/α-hetero) is 1. The van der Waals surface area contributed by atoms with Crippen LogP contribution in [-0.4, -0.2) is 37.5 Å². The number of nitrogens with zero attached hydrogens (tertiary/aromatic N) is 1. The Kier molecular flexibility index (Phi) is 8.89. The molecule has 3 unspecified atom stereocenters. The van der Waals surface area contributed by atoms with Gasteiger partial charge in [0.05, 0.1) is 12.2 Å². The molecule has 4 nitrogen and oxygen atoms in total. The summed E-state index contributed by atoms with van der Waals surface area (Å²) in [4.78, 5) is 11.4. The SMILES string of the molecule is COC1CCC(Sc2cccc[n+]2CC(C)=O)CC1OC.[I-]. The molecule has 1 aromatic heterocycles. The third kappa shape index (κ3) is 5.47. The molecule has 0 aromatic carbocycles. The van der Waals surface area contributed by atoms with Gasteiger partial charge in [-0.15, -0.1) is 0 Å². The van der Waals surface area contributed by atoms with Crippen molar-refractivity contribution in [3.63, 3.8) is 0 Å². The average molecular weight is 437 g/mol. The van der Waals surface area contributed by atoms with Crippen LogP contribution < -0.4 is 28.5 Å². The molecule has 0 spiro atoms. The van der Waals surface area contributed by atoms with E-state index >= 15 is 0 Å². The summed E-state index contributed by atoms with van der Waals surface area (Å²) >= 11 is 1.84. The molecule has 1 fully saturated rings. The normalized spacial score (nSPS) is 24.6. The lowest BCUT2D eigenvalue weighted by atomic mass is 9.94. The molecule has 124 valence electrons. The standard InChI is InChI=1S/C16H24NO3S.HI/c1-12(18)11-17-9-5-4-6-16(17)21-13-7-8-14(19-2)15(10-13)20-3;/h4-6,9,13-15H,7-8,10-11H2,1-3H3;1H/q+1;/p-1. The Morgan fingerprint density at radius 1 is 1.27 bits per heavy atom. The molecule has 1 aromatic rings. The van der Waals surface area contributed by atoms with Crippen molar-refractivity contribution in [2.45, 2.75) is 55.2 Å². The lowest BCUT2D eigenvalue weighted by Crippen LogP contribution is -3.00. The van der Waals surface area contributed by atoms with E-state index in [1.54, 1.807) is 21.1 Å². The fourth-order valence-electron chi connectivity index (χ4n) is 2.80. The molecule has 0 amide bonds. The third-order valence-corrected chi connectivity index (χ3v) is 5.24. The molecule has 22 heavy (non-hydrogen) atoms. The van der Waals surface area contributed by atoms with Crippen molar-refractivity contribution < 1.29 is 42.8 Å². The summed E-state index contributed by atoms with van der Waals surface area (Å²) in [6.45, 7) is 2.06. The largest absolute Gasteiger partial charge is 1.00 e. The average Bonchev–Trinajstić information content (AvgIpc) is 2.48. The molecule has 1 aliphatic rings. The number of carbonyl (C=O) groups excluding carboxylic acids is 1. The maximum atomic E-state index is 11.4. The number of methoxy groups -OCH3 is 2. The Balaban J connectivity index is 0.00000242. The van der Waals surface area contributed by atoms with Gasteiger partial charge in [0.2, 0.25) is 11.6 Å². The highest BCUT2D eigenvalue weighted by molar-refractivity contribution is 7.99. The van der Waals surface area contributed by atoms with Gasteiger partial charge in [-0.1, -0.05) is 11.8 Å². The molecular formula is C16H24INO3S. The van der Waals surface area contributed by atoms with Crippen LogP contribution in [0, 0.1) is 0 Å². The van der Waals surface area contributed by atoms with Crippen LogP contribution >= 0.6 is 11.8 Å². The van der Waals surface area contributed by atoms with E-state index in [0.29, 0.717) is 11.8 Å². The molecule has 6 heteroatoms. The Morgan fingerprint density at radius 2 is 2.00 bits per heavy atom. The van der Waals surface area contributed by atoms with E-state index < -0.39 is 0 Å². The Morgan fingerprint density at radius 3 is 2.64 bits per heavy atom. The molecule has 0 aliphatic heterocycles. The highest BCUT2D eigenvalue weighted by Gasteiger charge is 2.32. The fourth-order valence-corrected chi connectivity index (χ4v) is 4.10. The monoisotopic (exact) mass is 437 g/mol. The van der Waals surface area contributed by atoms with Gasteiger partial charge in [0.15, 0.2) is 12.0 Å². The molecular weight excluding hydrogens is 413 g/mol. The van der Waals surface area contributed by atoms with E-state index in [-0.39, 0.29) is 42.0 Å². The first-order chi connectivity index (χ1) is 10.1. The summed E-state index contributed by atoms with van der Waals surface area (Å²) in [6, 6.07) is 6.07. The van der Waals surface area contributed by atoms with Crippen molar-refractivity contribution >= 4 is 17.5 Å². The van der Waals surface area contributed by atoms with Crippen LogP contribution in [0.5, 0.6) is 0 Å². The van der Waals surface area contributed by atoms with Gasteiger partial charge >= 0.3 is 0 Å². The smallest absolute Gasteiger partial charge is 0.240 e. The summed E-state index contributed by atoms with van der Waals surface area (Å²) in [5.41, 5.74) is 0. The number of aromatic nitrogens is 1. The summed E-state index contributed by atoms with van der Waals surface area (Å²) in [7, 11) is 3.50. The van der Waals surface area contributed by atoms with Crippen LogP contribution in [0.25, 0.3) is 0 Å². The van der Waals surface area contributed by atoms with Crippen molar-refractivity contribution in [3.05, 3.63) is 24.4 Å². The second-order valence-electron chi connectivity index (χ2n) is 5.47. The summed E-state index contributed by atoms with van der Waals surface area (Å²) in [6.07, 6.45) is 5.44. The van der Waals surface area contributed by atoms with Crippen molar-refractivity contribution in [3.8, 4) is 0 Å². The van der Waals surface area contributed by atoms with E-state index in [4.69, 9.17) is 9.47 Å². The Hall–Kier alpha value is -0.180. The lowest BCUT2D eigenvalue weighted by molar-refractivity contribution is -0.720. The molecule has 2 rings (SSSR count). The Bertz CT molecular complexity index is 486. The van der Waals surface area contributed by atoms with Gasteiger partial charge in [-0.3, -0.25) is 4.79 Å². The van der Waals surface area contributed by atoms with Crippen molar-refractivity contribution in [1.82, 2.24) is 0 Å². The minimum atomic E-state index is 0. The van der Waals surface area contributed by atoms with Crippen LogP contribution in [0.2, 0.25) is 0 Å². The summed E-state index contributed by atoms with van der Waals surface area (Å²) in [5.74, 6) is 0.172. The second-order valence-corrected chi connectivity index (χ2v) is 6.79. The predicted molar refractivity (Wildman–Crippen MR) is 82.4 cm³/mol. The quantitative estimate of drug-likeness (QED) is 0.434. The van der Waals surface area contributed by atoms with Gasteiger partial charge in [0, 0.05) is 38.5 Å². The third-order valence-electron chi connectivity index (χ3n) is 3.87. The maximum absolute atomic E-state index is 11.4. The number of carbonyl (C=O) groups is 1. The fraction of sp³-hybridized carbons (Fsp3) is 0.625. The van der Waals surface area contributed by atoms with E-state index in [1.807, 2.05) is 34.7 Å². The predicted octanol–water partition coefficient (Wildman–Crippen LogP) is -0.758. The van der Waals surface area contributed by atoms with Crippen LogP contribution in [0.3, 0.4) is 0 Å². The molecule has 0 N–H and O–H groups in total. The summed E-state index contributed by atoms with van der Waals surface area (Å²) < 4.78 is 13.1. The van der Waals surface area contributed by atoms with Gasteiger partial charge in [-0.05, 0) is 25.3 Å². The van der Waals surface area contributed by atoms with E-state index in [9.17, 15) is 4.79 Å². The topological polar surface area (TPSA) is 39.4 Å². The first-order valence-electron chi connectivity index (χ1n) is 7.34. The van der Waals surface area contributed by atoms with Crippen molar-refractivity contribution in [2.75, 3.05) is 14.2 Å². The first-order valence-corrected chi connectivity index (χ1v) is 8.22. The zero-order valence-electron chi connectivity index (χ0n) is 13.3. The molecule has 3 atom stereocenters. The number of hydrogen-bond acceptors (Lipinski definition) is 4. The molecule has 1 heterocycles. The van der Waals surface area contributed by atoms with Crippen LogP contribution in [0.15, 0.2) is 29.4 Å². The van der Waals surface area contributed by atoms with Crippen LogP contribution in [0.1, 0.15) is 26.2 Å². The lowest BCUT2D eigenvalue weighted by Gasteiger charge is -2.33. The van der Waals surface area contributed by atoms with Gasteiger partial charge < -0.3 is 33.5 Å². The number of ether oxygens (including phenoxy) is 2. The number of thioether (sulfide) groups is 1. The van der Waals surface area contributed by atoms with E-state index in [1.165, 1.54) is 0 Å². The molecule has 0 saturated heterocycles. The van der Waals surface area contributed by atoms with E-state index in [2.05, 4.69) is 6.07 Å². The highest BCUT2D eigenvalue weighted by Crippen LogP contribution is 2.34. The number of ketones is 1. The van der Waals surface area contributed by atoms with Crippen LogP contribution in [0.4, 0.5) is 0 Å². The first kappa shape index (κ1) is 19.9. The molecule has 0 radical (unpaired) electrons. The zero-order valence-corrected chi connectivity index (χ0v) is 16.3. The number of halogens is 1. The second kappa shape index (κ2) is 9.85. The molecule has 0 bridgehead atoms. The highest BCUT2D eigenvalue weighted by atomic mass is 127. The zero-order chi connectivity index (χ0) is 15.2. The van der Waals surface area contributed by atoms with Crippen molar-refractivity contribution in [2.24, 2.45) is 0 Å². The van der Waals surface area contributed by atoms with Gasteiger partial charge in [-0.25, -0.2) is 0 Å². The minimum Gasteiger partial charge on any atom is -1.00 e. The van der Waals surface area contributed by atoms with Gasteiger partial charge in [-0.2, -0.15) is 4.57 Å². The van der Waals surface area contributed by atoms with E-state index in [0.717, 1.165) is 24.3 Å². The number of hydrogen-bond donors (Lipinski definition) is 0. The van der Waals surface area contributed by atoms with Gasteiger partial charge in [0.1, 0.15) is 0 Å². The summed E-state index contributed by atoms with van der Waals surface area (Å²) in [5, 5.41) is 1.64. The van der Waals surface area contributed by atoms with Gasteiger partial charge in [0.25, 0.3) is 0 Å². The molecule has 1 aliphatic carbocycles. The maximum Gasteiger partial charge on any atom is 0.240 e. The minimum absolute atomic E-state index is 0. The van der Waals surface area contributed by atoms with Crippen LogP contribution in [-0.2, 0) is 20.8 Å². The Labute approximate surface area is 154 Å². The molecule has 1 saturated carbocycles.